The van der Waals surface area contributed by atoms with Crippen LogP contribution >= 0.6 is 23.6 Å². The first kappa shape index (κ1) is 13.0. The van der Waals surface area contributed by atoms with Crippen molar-refractivity contribution in [2.75, 3.05) is 0 Å². The molecular formula is C14H11ClO2S. The average Bonchev–Trinajstić information content (AvgIpc) is 2.45. The van der Waals surface area contributed by atoms with E-state index in [9.17, 15) is 4.79 Å². The van der Waals surface area contributed by atoms with Gasteiger partial charge in [0.1, 0.15) is 11.9 Å². The number of hydrogen-bond donors (Lipinski definition) is 0. The minimum atomic E-state index is -0.521. The zero-order valence-electron chi connectivity index (χ0n) is 9.51. The molecular weight excluding hydrogens is 268 g/mol. The van der Waals surface area contributed by atoms with Gasteiger partial charge in [-0.25, -0.2) is 4.79 Å². The summed E-state index contributed by atoms with van der Waals surface area (Å²) in [5.74, 6) is 0.278. The first-order valence-corrected chi connectivity index (χ1v) is 6.69. The molecule has 0 aromatic heterocycles. The number of carbonyl (C=O) groups excluding carboxylic acids is 1. The van der Waals surface area contributed by atoms with Gasteiger partial charge in [0, 0.05) is 10.6 Å². The molecule has 2 rings (SSSR count). The Kier molecular flexibility index (Phi) is 4.67. The Bertz CT molecular complexity index is 528. The van der Waals surface area contributed by atoms with E-state index >= 15 is 0 Å². The van der Waals surface area contributed by atoms with Gasteiger partial charge in [0.15, 0.2) is 0 Å². The zero-order valence-corrected chi connectivity index (χ0v) is 11.1. The van der Waals surface area contributed by atoms with E-state index in [2.05, 4.69) is 16.4 Å². The Morgan fingerprint density at radius 3 is 2.44 bits per heavy atom. The molecule has 0 N–H and O–H groups in total. The van der Waals surface area contributed by atoms with Crippen molar-refractivity contribution in [1.82, 2.24) is 0 Å². The summed E-state index contributed by atoms with van der Waals surface area (Å²) in [6.45, 7) is 0. The van der Waals surface area contributed by atoms with Gasteiger partial charge in [-0.1, -0.05) is 42.5 Å². The normalized spacial score (nSPS) is 10.1. The lowest BCUT2D eigenvalue weighted by molar-refractivity contribution is 0.0747. The molecule has 0 heterocycles. The predicted octanol–water partition coefficient (Wildman–Crippen LogP) is 4.29. The van der Waals surface area contributed by atoms with Crippen molar-refractivity contribution < 1.29 is 9.08 Å². The van der Waals surface area contributed by atoms with E-state index in [1.54, 1.807) is 23.9 Å². The van der Waals surface area contributed by atoms with Crippen LogP contribution in [0.15, 0.2) is 59.5 Å². The summed E-state index contributed by atoms with van der Waals surface area (Å²) in [6.07, 6.45) is 0. The fraction of sp³-hybridized carbons (Fsp3) is 0.0714. The van der Waals surface area contributed by atoms with Crippen LogP contribution in [0.2, 0.25) is 0 Å². The Hall–Kier alpha value is -1.45. The minimum Gasteiger partial charge on any atom is -0.343 e. The second-order valence-electron chi connectivity index (χ2n) is 3.64. The first-order chi connectivity index (χ1) is 8.81. The Morgan fingerprint density at radius 2 is 1.72 bits per heavy atom. The first-order valence-electron chi connectivity index (χ1n) is 5.40. The van der Waals surface area contributed by atoms with E-state index in [-0.39, 0.29) is 0 Å². The van der Waals surface area contributed by atoms with Gasteiger partial charge in [0.2, 0.25) is 0 Å². The molecule has 0 saturated heterocycles. The quantitative estimate of drug-likeness (QED) is 0.781. The Balaban J connectivity index is 2.12. The Morgan fingerprint density at radius 1 is 1.06 bits per heavy atom. The van der Waals surface area contributed by atoms with Crippen LogP contribution in [0.1, 0.15) is 15.9 Å². The van der Waals surface area contributed by atoms with Crippen LogP contribution in [0.25, 0.3) is 0 Å². The predicted molar refractivity (Wildman–Crippen MR) is 73.7 cm³/mol. The van der Waals surface area contributed by atoms with Crippen molar-refractivity contribution in [2.24, 2.45) is 0 Å². The van der Waals surface area contributed by atoms with Crippen LogP contribution < -0.4 is 0 Å². The standard InChI is InChI=1S/C14H11ClO2S/c15-17-14(16)12-8-4-5-9-13(12)18-10-11-6-2-1-3-7-11/h1-9H,10H2. The van der Waals surface area contributed by atoms with Gasteiger partial charge in [0.25, 0.3) is 0 Å². The third kappa shape index (κ3) is 3.28. The molecule has 0 amide bonds. The highest BCUT2D eigenvalue weighted by Gasteiger charge is 2.12. The molecule has 0 saturated carbocycles. The molecule has 2 aromatic carbocycles. The minimum absolute atomic E-state index is 0.494. The molecule has 4 heteroatoms. The fourth-order valence-electron chi connectivity index (χ4n) is 1.54. The summed E-state index contributed by atoms with van der Waals surface area (Å²) < 4.78 is 4.25. The SMILES string of the molecule is O=C(OCl)c1ccccc1SCc1ccccc1. The lowest BCUT2D eigenvalue weighted by atomic mass is 10.2. The van der Waals surface area contributed by atoms with Crippen LogP contribution in [0.5, 0.6) is 0 Å². The Labute approximate surface area is 115 Å². The van der Waals surface area contributed by atoms with E-state index in [0.29, 0.717) is 5.56 Å². The van der Waals surface area contributed by atoms with Gasteiger partial charge in [-0.3, -0.25) is 0 Å². The lowest BCUT2D eigenvalue weighted by Gasteiger charge is -2.06. The van der Waals surface area contributed by atoms with E-state index in [0.717, 1.165) is 10.6 Å². The van der Waals surface area contributed by atoms with E-state index < -0.39 is 5.97 Å². The highest BCUT2D eigenvalue weighted by atomic mass is 35.5. The summed E-state index contributed by atoms with van der Waals surface area (Å²) in [5, 5.41) is 0. The largest absolute Gasteiger partial charge is 0.357 e. The van der Waals surface area contributed by atoms with E-state index in [1.165, 1.54) is 5.56 Å². The highest BCUT2D eigenvalue weighted by Crippen LogP contribution is 2.26. The number of carbonyl (C=O) groups is 1. The lowest BCUT2D eigenvalue weighted by Crippen LogP contribution is -2.00. The molecule has 18 heavy (non-hydrogen) atoms. The van der Waals surface area contributed by atoms with Crippen molar-refractivity contribution in [3.05, 3.63) is 65.7 Å². The van der Waals surface area contributed by atoms with Crippen LogP contribution in [0.4, 0.5) is 0 Å². The van der Waals surface area contributed by atoms with Crippen LogP contribution in [-0.2, 0) is 10.0 Å². The van der Waals surface area contributed by atoms with Gasteiger partial charge in [-0.05, 0) is 17.7 Å². The number of benzene rings is 2. The molecule has 2 nitrogen and oxygen atoms in total. The van der Waals surface area contributed by atoms with E-state index in [1.807, 2.05) is 30.3 Å². The summed E-state index contributed by atoms with van der Waals surface area (Å²) in [6, 6.07) is 17.3. The van der Waals surface area contributed by atoms with Crippen LogP contribution in [-0.4, -0.2) is 5.97 Å². The summed E-state index contributed by atoms with van der Waals surface area (Å²) in [4.78, 5) is 12.3. The number of rotatable bonds is 4. The molecule has 0 aliphatic rings. The van der Waals surface area contributed by atoms with Crippen LogP contribution in [0.3, 0.4) is 0 Å². The number of thioether (sulfide) groups is 1. The van der Waals surface area contributed by atoms with Gasteiger partial charge in [-0.2, -0.15) is 0 Å². The molecule has 92 valence electrons. The van der Waals surface area contributed by atoms with Crippen molar-refractivity contribution in [2.45, 2.75) is 10.6 Å². The van der Waals surface area contributed by atoms with Gasteiger partial charge in [0.05, 0.1) is 5.56 Å². The maximum Gasteiger partial charge on any atom is 0.357 e. The smallest absolute Gasteiger partial charge is 0.343 e. The molecule has 0 aliphatic carbocycles. The number of hydrogen-bond acceptors (Lipinski definition) is 3. The summed E-state index contributed by atoms with van der Waals surface area (Å²) in [7, 11) is 0. The molecule has 0 bridgehead atoms. The third-order valence-corrected chi connectivity index (χ3v) is 3.70. The average molecular weight is 279 g/mol. The highest BCUT2D eigenvalue weighted by molar-refractivity contribution is 7.98. The molecule has 0 radical (unpaired) electrons. The summed E-state index contributed by atoms with van der Waals surface area (Å²) in [5.41, 5.74) is 1.70. The molecule has 0 fully saturated rings. The monoisotopic (exact) mass is 278 g/mol. The molecule has 2 aromatic rings. The summed E-state index contributed by atoms with van der Waals surface area (Å²) >= 11 is 6.70. The second-order valence-corrected chi connectivity index (χ2v) is 4.81. The van der Waals surface area contributed by atoms with E-state index in [4.69, 9.17) is 11.9 Å². The van der Waals surface area contributed by atoms with Crippen molar-refractivity contribution in [3.63, 3.8) is 0 Å². The topological polar surface area (TPSA) is 26.3 Å². The molecule has 0 spiro atoms. The van der Waals surface area contributed by atoms with Gasteiger partial charge < -0.3 is 4.29 Å². The molecule has 0 aliphatic heterocycles. The number of halogens is 1. The third-order valence-electron chi connectivity index (χ3n) is 2.41. The van der Waals surface area contributed by atoms with Crippen molar-refractivity contribution >= 4 is 29.6 Å². The van der Waals surface area contributed by atoms with Crippen LogP contribution in [0, 0.1) is 0 Å². The zero-order chi connectivity index (χ0) is 12.8. The van der Waals surface area contributed by atoms with Gasteiger partial charge in [-0.15, -0.1) is 11.8 Å². The molecule has 0 unspecified atom stereocenters. The fourth-order valence-corrected chi connectivity index (χ4v) is 2.62. The van der Waals surface area contributed by atoms with Crippen molar-refractivity contribution in [3.8, 4) is 0 Å². The maximum absolute atomic E-state index is 11.5. The molecule has 0 atom stereocenters. The van der Waals surface area contributed by atoms with Crippen molar-refractivity contribution in [1.29, 1.82) is 0 Å². The van der Waals surface area contributed by atoms with Gasteiger partial charge >= 0.3 is 5.97 Å². The maximum atomic E-state index is 11.5. The second kappa shape index (κ2) is 6.47.